The van der Waals surface area contributed by atoms with E-state index in [1.165, 1.54) is 7.11 Å². The van der Waals surface area contributed by atoms with Crippen LogP contribution in [-0.4, -0.2) is 23.0 Å². The highest BCUT2D eigenvalue weighted by Gasteiger charge is 2.00. The number of nitrogens with one attached hydrogen (secondary N) is 1. The summed E-state index contributed by atoms with van der Waals surface area (Å²) in [6, 6.07) is 1.69. The number of hydrogen-bond acceptors (Lipinski definition) is 4. The fourth-order valence-corrected chi connectivity index (χ4v) is 0.508. The van der Waals surface area contributed by atoms with Crippen molar-refractivity contribution in [3.8, 4) is 0 Å². The zero-order valence-corrected chi connectivity index (χ0v) is 5.53. The number of hydrogen-bond donors (Lipinski definition) is 1. The van der Waals surface area contributed by atoms with E-state index in [0.29, 0.717) is 5.82 Å². The van der Waals surface area contributed by atoms with Gasteiger partial charge in [0.2, 0.25) is 5.82 Å². The summed E-state index contributed by atoms with van der Waals surface area (Å²) in [5.41, 5.74) is 0. The topological polar surface area (TPSA) is 58.9 Å². The molecule has 4 heteroatoms. The van der Waals surface area contributed by atoms with Crippen molar-refractivity contribution in [2.24, 2.45) is 0 Å². The van der Waals surface area contributed by atoms with E-state index in [1.54, 1.807) is 18.5 Å². The summed E-state index contributed by atoms with van der Waals surface area (Å²) < 4.78 is 4.59. The molecular formula is C6H7N3O. The van der Waals surface area contributed by atoms with Gasteiger partial charge in [-0.05, 0) is 6.07 Å². The average Bonchev–Trinajstić information content (AvgIpc) is 2.05. The molecule has 0 aliphatic carbocycles. The monoisotopic (exact) mass is 137 g/mol. The van der Waals surface area contributed by atoms with Crippen molar-refractivity contribution >= 4 is 5.90 Å². The third kappa shape index (κ3) is 1.28. The molecule has 10 heavy (non-hydrogen) atoms. The van der Waals surface area contributed by atoms with Crippen LogP contribution in [0.3, 0.4) is 0 Å². The molecule has 0 unspecified atom stereocenters. The van der Waals surface area contributed by atoms with Gasteiger partial charge in [0.25, 0.3) is 5.90 Å². The summed E-state index contributed by atoms with van der Waals surface area (Å²) in [5, 5.41) is 7.13. The normalized spacial score (nSPS) is 8.90. The van der Waals surface area contributed by atoms with Gasteiger partial charge in [0.1, 0.15) is 0 Å². The molecule has 1 N–H and O–H groups in total. The van der Waals surface area contributed by atoms with Gasteiger partial charge in [-0.15, -0.1) is 0 Å². The van der Waals surface area contributed by atoms with E-state index in [9.17, 15) is 0 Å². The highest BCUT2D eigenvalue weighted by atomic mass is 16.5. The number of rotatable bonds is 1. The van der Waals surface area contributed by atoms with Crippen molar-refractivity contribution in [1.29, 1.82) is 5.41 Å². The summed E-state index contributed by atoms with van der Waals surface area (Å²) in [7, 11) is 1.42. The first-order valence-electron chi connectivity index (χ1n) is 2.74. The largest absolute Gasteiger partial charge is 0.479 e. The van der Waals surface area contributed by atoms with E-state index in [1.807, 2.05) is 0 Å². The Morgan fingerprint density at radius 1 is 1.50 bits per heavy atom. The molecule has 0 atom stereocenters. The third-order valence-electron chi connectivity index (χ3n) is 0.973. The fraction of sp³-hybridized carbons (Fsp3) is 0.167. The smallest absolute Gasteiger partial charge is 0.251 e. The Kier molecular flexibility index (Phi) is 1.94. The van der Waals surface area contributed by atoms with Gasteiger partial charge in [-0.25, -0.2) is 9.97 Å². The van der Waals surface area contributed by atoms with Crippen LogP contribution in [0.1, 0.15) is 5.82 Å². The summed E-state index contributed by atoms with van der Waals surface area (Å²) in [4.78, 5) is 7.58. The molecule has 0 spiro atoms. The van der Waals surface area contributed by atoms with Gasteiger partial charge < -0.3 is 4.74 Å². The number of methoxy groups -OCH3 is 1. The van der Waals surface area contributed by atoms with E-state index in [2.05, 4.69) is 14.7 Å². The van der Waals surface area contributed by atoms with Crippen LogP contribution < -0.4 is 0 Å². The van der Waals surface area contributed by atoms with Gasteiger partial charge in [-0.3, -0.25) is 5.41 Å². The van der Waals surface area contributed by atoms with Gasteiger partial charge in [-0.1, -0.05) is 0 Å². The third-order valence-corrected chi connectivity index (χ3v) is 0.973. The van der Waals surface area contributed by atoms with Crippen LogP contribution in [0.4, 0.5) is 0 Å². The Hall–Kier alpha value is -1.45. The second-order valence-corrected chi connectivity index (χ2v) is 1.61. The van der Waals surface area contributed by atoms with Gasteiger partial charge >= 0.3 is 0 Å². The van der Waals surface area contributed by atoms with Crippen molar-refractivity contribution < 1.29 is 4.74 Å². The Balaban J connectivity index is 2.85. The summed E-state index contributed by atoms with van der Waals surface area (Å²) in [6.07, 6.45) is 3.13. The summed E-state index contributed by atoms with van der Waals surface area (Å²) in [5.74, 6) is 0.297. The zero-order chi connectivity index (χ0) is 7.40. The molecule has 0 fully saturated rings. The first-order chi connectivity index (χ1) is 4.84. The minimum atomic E-state index is -0.0133. The maximum Gasteiger partial charge on any atom is 0.251 e. The predicted molar refractivity (Wildman–Crippen MR) is 35.9 cm³/mol. The van der Waals surface area contributed by atoms with E-state index in [4.69, 9.17) is 5.41 Å². The van der Waals surface area contributed by atoms with Gasteiger partial charge in [0.15, 0.2) is 0 Å². The maximum atomic E-state index is 7.13. The minimum absolute atomic E-state index is 0.0133. The highest BCUT2D eigenvalue weighted by molar-refractivity contribution is 5.87. The highest BCUT2D eigenvalue weighted by Crippen LogP contribution is 1.88. The van der Waals surface area contributed by atoms with Crippen molar-refractivity contribution in [1.82, 2.24) is 9.97 Å². The second-order valence-electron chi connectivity index (χ2n) is 1.61. The quantitative estimate of drug-likeness (QED) is 0.451. The van der Waals surface area contributed by atoms with E-state index in [0.717, 1.165) is 0 Å². The molecule has 0 bridgehead atoms. The van der Waals surface area contributed by atoms with Crippen molar-refractivity contribution in [3.05, 3.63) is 24.3 Å². The molecule has 0 saturated carbocycles. The molecule has 0 aliphatic rings. The first kappa shape index (κ1) is 6.67. The Bertz CT molecular complexity index is 222. The summed E-state index contributed by atoms with van der Waals surface area (Å²) in [6.45, 7) is 0. The molecule has 0 radical (unpaired) electrons. The molecule has 0 aromatic carbocycles. The molecule has 1 aromatic rings. The van der Waals surface area contributed by atoms with Crippen LogP contribution in [0.15, 0.2) is 18.5 Å². The van der Waals surface area contributed by atoms with Crippen molar-refractivity contribution in [2.75, 3.05) is 7.11 Å². The summed E-state index contributed by atoms with van der Waals surface area (Å²) >= 11 is 0. The van der Waals surface area contributed by atoms with Gasteiger partial charge in [0, 0.05) is 12.4 Å². The Morgan fingerprint density at radius 3 is 2.60 bits per heavy atom. The molecule has 52 valence electrons. The van der Waals surface area contributed by atoms with Crippen LogP contribution in [0, 0.1) is 5.41 Å². The van der Waals surface area contributed by atoms with E-state index in [-0.39, 0.29) is 5.90 Å². The molecule has 1 heterocycles. The number of ether oxygens (including phenoxy) is 1. The minimum Gasteiger partial charge on any atom is -0.479 e. The molecule has 0 amide bonds. The molecule has 4 nitrogen and oxygen atoms in total. The van der Waals surface area contributed by atoms with Gasteiger partial charge in [0.05, 0.1) is 7.11 Å². The standard InChI is InChI=1S/C6H7N3O/c1-10-5(7)6-8-3-2-4-9-6/h2-4,7H,1H3. The molecule has 0 saturated heterocycles. The first-order valence-corrected chi connectivity index (χ1v) is 2.74. The average molecular weight is 137 g/mol. The fourth-order valence-electron chi connectivity index (χ4n) is 0.508. The molecule has 0 aliphatic heterocycles. The predicted octanol–water partition coefficient (Wildman–Crippen LogP) is 0.448. The second kappa shape index (κ2) is 2.91. The lowest BCUT2D eigenvalue weighted by molar-refractivity contribution is 0.398. The van der Waals surface area contributed by atoms with Crippen LogP contribution in [-0.2, 0) is 4.74 Å². The molecule has 1 aromatic heterocycles. The van der Waals surface area contributed by atoms with Gasteiger partial charge in [-0.2, -0.15) is 0 Å². The lowest BCUT2D eigenvalue weighted by atomic mass is 10.5. The van der Waals surface area contributed by atoms with Crippen molar-refractivity contribution in [2.45, 2.75) is 0 Å². The maximum absolute atomic E-state index is 7.13. The lowest BCUT2D eigenvalue weighted by Crippen LogP contribution is -2.05. The molecular weight excluding hydrogens is 130 g/mol. The van der Waals surface area contributed by atoms with Crippen LogP contribution in [0.2, 0.25) is 0 Å². The Labute approximate surface area is 58.4 Å². The molecule has 1 rings (SSSR count). The SMILES string of the molecule is COC(=N)c1ncccn1. The van der Waals surface area contributed by atoms with E-state index >= 15 is 0 Å². The Morgan fingerprint density at radius 2 is 2.10 bits per heavy atom. The number of nitrogens with zero attached hydrogens (tertiary/aromatic N) is 2. The van der Waals surface area contributed by atoms with Crippen LogP contribution in [0.25, 0.3) is 0 Å². The van der Waals surface area contributed by atoms with Crippen LogP contribution >= 0.6 is 0 Å². The lowest BCUT2D eigenvalue weighted by Gasteiger charge is -1.96. The van der Waals surface area contributed by atoms with Crippen molar-refractivity contribution in [3.63, 3.8) is 0 Å². The van der Waals surface area contributed by atoms with Crippen LogP contribution in [0.5, 0.6) is 0 Å². The zero-order valence-electron chi connectivity index (χ0n) is 5.53. The number of aromatic nitrogens is 2. The van der Waals surface area contributed by atoms with E-state index < -0.39 is 0 Å².